The number of benzene rings is 2. The Morgan fingerprint density at radius 2 is 1.93 bits per heavy atom. The Morgan fingerprint density at radius 1 is 1.23 bits per heavy atom. The lowest BCUT2D eigenvalue weighted by Crippen LogP contribution is -2.26. The number of thiazole rings is 1. The van der Waals surface area contributed by atoms with Gasteiger partial charge in [0.1, 0.15) is 5.82 Å². The van der Waals surface area contributed by atoms with Crippen molar-refractivity contribution in [1.82, 2.24) is 4.98 Å². The van der Waals surface area contributed by atoms with Crippen molar-refractivity contribution in [2.75, 3.05) is 10.0 Å². The maximum atomic E-state index is 13.7. The molecule has 1 amide bonds. The van der Waals surface area contributed by atoms with Crippen LogP contribution in [-0.2, 0) is 10.0 Å². The molecule has 1 atom stereocenters. The number of carbonyl (C=O) groups is 1. The first kappa shape index (κ1) is 22.2. The molecule has 2 N–H and O–H groups in total. The Balaban J connectivity index is 1.83. The Morgan fingerprint density at radius 3 is 2.60 bits per heavy atom. The van der Waals surface area contributed by atoms with Crippen molar-refractivity contribution in [1.29, 1.82) is 0 Å². The number of sulfonamides is 1. The summed E-state index contributed by atoms with van der Waals surface area (Å²) in [6.45, 7) is 3.26. The Kier molecular flexibility index (Phi) is 6.74. The highest BCUT2D eigenvalue weighted by atomic mass is 35.5. The first-order chi connectivity index (χ1) is 14.2. The SMILES string of the molecule is CCC(C)S(=O)(=O)Nc1cc(F)ccc1C(=O)Nc1nc(-c2ccc(Cl)cc2)cs1. The number of hydrogen-bond donors (Lipinski definition) is 2. The molecule has 0 radical (unpaired) electrons. The highest BCUT2D eigenvalue weighted by Gasteiger charge is 2.22. The van der Waals surface area contributed by atoms with Crippen LogP contribution in [0.25, 0.3) is 11.3 Å². The van der Waals surface area contributed by atoms with E-state index in [0.29, 0.717) is 22.3 Å². The average molecular weight is 468 g/mol. The number of rotatable bonds is 7. The summed E-state index contributed by atoms with van der Waals surface area (Å²) in [4.78, 5) is 17.1. The third-order valence-corrected chi connectivity index (χ3v) is 7.35. The van der Waals surface area contributed by atoms with Crippen LogP contribution < -0.4 is 10.0 Å². The van der Waals surface area contributed by atoms with E-state index in [1.807, 2.05) is 12.1 Å². The van der Waals surface area contributed by atoms with Gasteiger partial charge in [0.15, 0.2) is 5.13 Å². The molecule has 0 saturated heterocycles. The summed E-state index contributed by atoms with van der Waals surface area (Å²) in [6, 6.07) is 10.4. The molecule has 10 heteroatoms. The minimum absolute atomic E-state index is 0.00785. The molecule has 1 unspecified atom stereocenters. The Hall–Kier alpha value is -2.49. The summed E-state index contributed by atoms with van der Waals surface area (Å²) in [6.07, 6.45) is 0.374. The van der Waals surface area contributed by atoms with Crippen molar-refractivity contribution in [3.05, 3.63) is 64.2 Å². The number of halogens is 2. The molecule has 0 aliphatic heterocycles. The van der Waals surface area contributed by atoms with Gasteiger partial charge in [-0.2, -0.15) is 0 Å². The number of aromatic nitrogens is 1. The largest absolute Gasteiger partial charge is 0.298 e. The van der Waals surface area contributed by atoms with Gasteiger partial charge in [-0.05, 0) is 43.7 Å². The molecule has 1 aromatic heterocycles. The van der Waals surface area contributed by atoms with Crippen LogP contribution >= 0.6 is 22.9 Å². The molecule has 1 heterocycles. The van der Waals surface area contributed by atoms with Crippen LogP contribution in [-0.4, -0.2) is 24.6 Å². The fraction of sp³-hybridized carbons (Fsp3) is 0.200. The van der Waals surface area contributed by atoms with Crippen LogP contribution in [0.15, 0.2) is 47.8 Å². The third kappa shape index (κ3) is 5.16. The quantitative estimate of drug-likeness (QED) is 0.487. The summed E-state index contributed by atoms with van der Waals surface area (Å²) in [5.74, 6) is -1.26. The number of hydrogen-bond acceptors (Lipinski definition) is 5. The zero-order chi connectivity index (χ0) is 21.9. The van der Waals surface area contributed by atoms with Gasteiger partial charge in [0, 0.05) is 16.0 Å². The van der Waals surface area contributed by atoms with E-state index < -0.39 is 27.0 Å². The van der Waals surface area contributed by atoms with Gasteiger partial charge in [-0.3, -0.25) is 14.8 Å². The number of nitrogens with zero attached hydrogens (tertiary/aromatic N) is 1. The van der Waals surface area contributed by atoms with Crippen molar-refractivity contribution >= 4 is 49.7 Å². The first-order valence-electron chi connectivity index (χ1n) is 9.03. The normalized spacial score (nSPS) is 12.4. The predicted molar refractivity (Wildman–Crippen MR) is 119 cm³/mol. The van der Waals surface area contributed by atoms with Gasteiger partial charge < -0.3 is 0 Å². The summed E-state index contributed by atoms with van der Waals surface area (Å²) >= 11 is 7.10. The molecule has 0 fully saturated rings. The highest BCUT2D eigenvalue weighted by molar-refractivity contribution is 7.93. The monoisotopic (exact) mass is 467 g/mol. The molecule has 6 nitrogen and oxygen atoms in total. The molecule has 0 aliphatic carbocycles. The van der Waals surface area contributed by atoms with Gasteiger partial charge in [-0.1, -0.05) is 30.7 Å². The molecular weight excluding hydrogens is 449 g/mol. The van der Waals surface area contributed by atoms with Gasteiger partial charge in [0.25, 0.3) is 5.91 Å². The van der Waals surface area contributed by atoms with E-state index >= 15 is 0 Å². The summed E-state index contributed by atoms with van der Waals surface area (Å²) in [7, 11) is -3.76. The lowest BCUT2D eigenvalue weighted by Gasteiger charge is -2.15. The lowest BCUT2D eigenvalue weighted by molar-refractivity contribution is 0.102. The van der Waals surface area contributed by atoms with Gasteiger partial charge in [-0.15, -0.1) is 11.3 Å². The van der Waals surface area contributed by atoms with Gasteiger partial charge in [-0.25, -0.2) is 17.8 Å². The van der Waals surface area contributed by atoms with Crippen LogP contribution in [0.1, 0.15) is 30.6 Å². The summed E-state index contributed by atoms with van der Waals surface area (Å²) in [5.41, 5.74) is 1.36. The van der Waals surface area contributed by atoms with Crippen LogP contribution in [0, 0.1) is 5.82 Å². The van der Waals surface area contributed by atoms with E-state index in [-0.39, 0.29) is 11.3 Å². The van der Waals surface area contributed by atoms with Crippen LogP contribution in [0.3, 0.4) is 0 Å². The molecule has 0 aliphatic rings. The minimum atomic E-state index is -3.76. The van der Waals surface area contributed by atoms with E-state index in [4.69, 9.17) is 11.6 Å². The second-order valence-electron chi connectivity index (χ2n) is 6.55. The maximum absolute atomic E-state index is 13.7. The molecule has 158 valence electrons. The van der Waals surface area contributed by atoms with Crippen LogP contribution in [0.4, 0.5) is 15.2 Å². The van der Waals surface area contributed by atoms with Crippen molar-refractivity contribution in [2.24, 2.45) is 0 Å². The van der Waals surface area contributed by atoms with Gasteiger partial charge in [0.2, 0.25) is 10.0 Å². The summed E-state index contributed by atoms with van der Waals surface area (Å²) in [5, 5.41) is 4.64. The van der Waals surface area contributed by atoms with Gasteiger partial charge >= 0.3 is 0 Å². The number of amides is 1. The van der Waals surface area contributed by atoms with E-state index in [9.17, 15) is 17.6 Å². The highest BCUT2D eigenvalue weighted by Crippen LogP contribution is 2.27. The molecular formula is C20H19ClFN3O3S2. The number of anilines is 2. The molecule has 0 bridgehead atoms. The van der Waals surface area contributed by atoms with E-state index in [2.05, 4.69) is 15.0 Å². The topological polar surface area (TPSA) is 88.2 Å². The molecule has 0 spiro atoms. The number of carbonyl (C=O) groups excluding carboxylic acids is 1. The van der Waals surface area contributed by atoms with Gasteiger partial charge in [0.05, 0.1) is 22.2 Å². The fourth-order valence-corrected chi connectivity index (χ4v) is 4.48. The van der Waals surface area contributed by atoms with Crippen LogP contribution in [0.5, 0.6) is 0 Å². The van der Waals surface area contributed by atoms with Crippen molar-refractivity contribution in [3.63, 3.8) is 0 Å². The molecule has 3 rings (SSSR count). The zero-order valence-electron chi connectivity index (χ0n) is 16.1. The van der Waals surface area contributed by atoms with Crippen molar-refractivity contribution in [3.8, 4) is 11.3 Å². The Labute approximate surface area is 183 Å². The molecule has 3 aromatic rings. The number of nitrogens with one attached hydrogen (secondary N) is 2. The molecule has 30 heavy (non-hydrogen) atoms. The van der Waals surface area contributed by atoms with Crippen molar-refractivity contribution in [2.45, 2.75) is 25.5 Å². The zero-order valence-corrected chi connectivity index (χ0v) is 18.5. The third-order valence-electron chi connectivity index (χ3n) is 4.45. The minimum Gasteiger partial charge on any atom is -0.298 e. The first-order valence-corrected chi connectivity index (χ1v) is 11.8. The second-order valence-corrected chi connectivity index (χ2v) is 9.95. The molecule has 2 aromatic carbocycles. The van der Waals surface area contributed by atoms with E-state index in [1.165, 1.54) is 24.3 Å². The predicted octanol–water partition coefficient (Wildman–Crippen LogP) is 5.40. The smallest absolute Gasteiger partial charge is 0.259 e. The maximum Gasteiger partial charge on any atom is 0.259 e. The van der Waals surface area contributed by atoms with E-state index in [1.54, 1.807) is 24.4 Å². The van der Waals surface area contributed by atoms with Crippen molar-refractivity contribution < 1.29 is 17.6 Å². The lowest BCUT2D eigenvalue weighted by atomic mass is 10.1. The average Bonchev–Trinajstić information content (AvgIpc) is 3.15. The summed E-state index contributed by atoms with van der Waals surface area (Å²) < 4.78 is 40.8. The Bertz CT molecular complexity index is 1160. The van der Waals surface area contributed by atoms with E-state index in [0.717, 1.165) is 17.7 Å². The second kappa shape index (κ2) is 9.11. The standard InChI is InChI=1S/C20H19ClFN3O3S2/c1-3-12(2)30(27,28)25-17-10-15(22)8-9-16(17)19(26)24-20-23-18(11-29-20)13-4-6-14(21)7-5-13/h4-12,25H,3H2,1-2H3,(H,23,24,26). The molecule has 0 saturated carbocycles. The fourth-order valence-electron chi connectivity index (χ4n) is 2.52. The van der Waals surface area contributed by atoms with Crippen LogP contribution in [0.2, 0.25) is 5.02 Å².